The van der Waals surface area contributed by atoms with Gasteiger partial charge in [0, 0.05) is 20.1 Å². The summed E-state index contributed by atoms with van der Waals surface area (Å²) in [4.78, 5) is 0. The molecule has 0 heterocycles. The molecule has 1 atom stereocenters. The molecule has 0 bridgehead atoms. The summed E-state index contributed by atoms with van der Waals surface area (Å²) in [5, 5.41) is -0.638. The highest BCUT2D eigenvalue weighted by atomic mass is 32.2. The normalized spacial score (nSPS) is 13.9. The number of sulfonamides is 1. The second-order valence-electron chi connectivity index (χ2n) is 3.98. The minimum Gasteiger partial charge on any atom is -0.329 e. The van der Waals surface area contributed by atoms with E-state index in [4.69, 9.17) is 5.73 Å². The van der Waals surface area contributed by atoms with Crippen molar-refractivity contribution >= 4 is 10.0 Å². The van der Waals surface area contributed by atoms with Crippen molar-refractivity contribution in [3.05, 3.63) is 35.6 Å². The Balaban J connectivity index is 2.83. The van der Waals surface area contributed by atoms with Crippen molar-refractivity contribution < 1.29 is 12.8 Å². The van der Waals surface area contributed by atoms with Crippen LogP contribution in [0.4, 0.5) is 4.39 Å². The highest BCUT2D eigenvalue weighted by Crippen LogP contribution is 2.12. The maximum absolute atomic E-state index is 13.0. The van der Waals surface area contributed by atoms with Gasteiger partial charge in [-0.05, 0) is 24.6 Å². The van der Waals surface area contributed by atoms with E-state index in [1.165, 1.54) is 23.5 Å². The lowest BCUT2D eigenvalue weighted by Crippen LogP contribution is -2.38. The van der Waals surface area contributed by atoms with Crippen molar-refractivity contribution in [2.24, 2.45) is 5.73 Å². The van der Waals surface area contributed by atoms with Gasteiger partial charge in [0.2, 0.25) is 10.0 Å². The largest absolute Gasteiger partial charge is 0.329 e. The van der Waals surface area contributed by atoms with Crippen LogP contribution < -0.4 is 5.73 Å². The smallest absolute Gasteiger partial charge is 0.218 e. The standard InChI is InChI=1S/C11H17FN2O2S/c1-9(7-13)17(15,16)14(2)8-10-4-3-5-11(12)6-10/h3-6,9H,7-8,13H2,1-2H3. The molecule has 0 radical (unpaired) electrons. The zero-order chi connectivity index (χ0) is 13.1. The molecule has 1 aromatic carbocycles. The number of hydrogen-bond acceptors (Lipinski definition) is 3. The first-order valence-corrected chi connectivity index (χ1v) is 6.78. The Morgan fingerprint density at radius 2 is 2.12 bits per heavy atom. The van der Waals surface area contributed by atoms with Gasteiger partial charge in [0.05, 0.1) is 5.25 Å². The minimum atomic E-state index is -3.41. The quantitative estimate of drug-likeness (QED) is 0.856. The lowest BCUT2D eigenvalue weighted by Gasteiger charge is -2.21. The molecule has 0 saturated heterocycles. The van der Waals surface area contributed by atoms with Crippen LogP contribution in [0.5, 0.6) is 0 Å². The number of nitrogens with zero attached hydrogens (tertiary/aromatic N) is 1. The molecular weight excluding hydrogens is 243 g/mol. The van der Waals surface area contributed by atoms with E-state index in [1.807, 2.05) is 0 Å². The maximum Gasteiger partial charge on any atom is 0.218 e. The molecule has 2 N–H and O–H groups in total. The van der Waals surface area contributed by atoms with E-state index >= 15 is 0 Å². The van der Waals surface area contributed by atoms with Gasteiger partial charge in [-0.25, -0.2) is 17.1 Å². The van der Waals surface area contributed by atoms with Gasteiger partial charge in [-0.3, -0.25) is 0 Å². The number of hydrogen-bond donors (Lipinski definition) is 1. The van der Waals surface area contributed by atoms with Gasteiger partial charge in [-0.1, -0.05) is 12.1 Å². The Morgan fingerprint density at radius 1 is 1.47 bits per heavy atom. The van der Waals surface area contributed by atoms with Gasteiger partial charge in [-0.2, -0.15) is 0 Å². The van der Waals surface area contributed by atoms with Crippen LogP contribution in [-0.4, -0.2) is 31.6 Å². The molecule has 0 fully saturated rings. The first kappa shape index (κ1) is 14.1. The van der Waals surface area contributed by atoms with Gasteiger partial charge in [0.25, 0.3) is 0 Å². The Bertz CT molecular complexity index is 476. The number of rotatable bonds is 5. The Labute approximate surface area is 101 Å². The first-order chi connectivity index (χ1) is 7.87. The summed E-state index contributed by atoms with van der Waals surface area (Å²) in [6, 6.07) is 5.87. The molecule has 1 unspecified atom stereocenters. The fourth-order valence-corrected chi connectivity index (χ4v) is 2.60. The van der Waals surface area contributed by atoms with Crippen LogP contribution in [0.3, 0.4) is 0 Å². The summed E-state index contributed by atoms with van der Waals surface area (Å²) >= 11 is 0. The van der Waals surface area contributed by atoms with Crippen molar-refractivity contribution in [3.63, 3.8) is 0 Å². The summed E-state index contributed by atoms with van der Waals surface area (Å²) in [5.74, 6) is -0.375. The summed E-state index contributed by atoms with van der Waals surface area (Å²) in [6.07, 6.45) is 0. The molecule has 0 amide bonds. The van der Waals surface area contributed by atoms with E-state index in [9.17, 15) is 12.8 Å². The monoisotopic (exact) mass is 260 g/mol. The van der Waals surface area contributed by atoms with Gasteiger partial charge in [0.15, 0.2) is 0 Å². The topological polar surface area (TPSA) is 63.4 Å². The lowest BCUT2D eigenvalue weighted by molar-refractivity contribution is 0.456. The molecular formula is C11H17FN2O2S. The Morgan fingerprint density at radius 3 is 2.65 bits per heavy atom. The third-order valence-electron chi connectivity index (χ3n) is 2.57. The predicted octanol–water partition coefficient (Wildman–Crippen LogP) is 0.935. The molecule has 1 rings (SSSR count). The molecule has 0 aromatic heterocycles. The van der Waals surface area contributed by atoms with Crippen LogP contribution in [0.2, 0.25) is 0 Å². The van der Waals surface area contributed by atoms with E-state index in [-0.39, 0.29) is 18.9 Å². The molecule has 0 spiro atoms. The maximum atomic E-state index is 13.0. The second-order valence-corrected chi connectivity index (χ2v) is 6.44. The molecule has 17 heavy (non-hydrogen) atoms. The van der Waals surface area contributed by atoms with Crippen LogP contribution in [0.1, 0.15) is 12.5 Å². The summed E-state index contributed by atoms with van der Waals surface area (Å²) in [5.41, 5.74) is 5.96. The molecule has 6 heteroatoms. The lowest BCUT2D eigenvalue weighted by atomic mass is 10.2. The predicted molar refractivity (Wildman–Crippen MR) is 65.3 cm³/mol. The van der Waals surface area contributed by atoms with E-state index in [0.717, 1.165) is 0 Å². The molecule has 0 saturated carbocycles. The van der Waals surface area contributed by atoms with Crippen molar-refractivity contribution in [1.29, 1.82) is 0 Å². The van der Waals surface area contributed by atoms with Crippen molar-refractivity contribution in [2.75, 3.05) is 13.6 Å². The van der Waals surface area contributed by atoms with Gasteiger partial charge >= 0.3 is 0 Å². The van der Waals surface area contributed by atoms with Gasteiger partial charge in [0.1, 0.15) is 5.82 Å². The van der Waals surface area contributed by atoms with Gasteiger partial charge in [-0.15, -0.1) is 0 Å². The molecule has 0 aliphatic carbocycles. The van der Waals surface area contributed by atoms with Crippen LogP contribution in [0.15, 0.2) is 24.3 Å². The summed E-state index contributed by atoms with van der Waals surface area (Å²) in [7, 11) is -1.95. The Kier molecular flexibility index (Phi) is 4.62. The van der Waals surface area contributed by atoms with Crippen molar-refractivity contribution in [1.82, 2.24) is 4.31 Å². The van der Waals surface area contributed by atoms with Crippen LogP contribution in [0, 0.1) is 5.82 Å². The zero-order valence-electron chi connectivity index (χ0n) is 9.93. The van der Waals surface area contributed by atoms with Crippen LogP contribution >= 0.6 is 0 Å². The minimum absolute atomic E-state index is 0.0653. The third-order valence-corrected chi connectivity index (χ3v) is 4.78. The average Bonchev–Trinajstić information content (AvgIpc) is 2.27. The summed E-state index contributed by atoms with van der Waals surface area (Å²) < 4.78 is 38.0. The Hall–Kier alpha value is -0.980. The average molecular weight is 260 g/mol. The molecule has 0 aliphatic rings. The second kappa shape index (κ2) is 5.57. The van der Waals surface area contributed by atoms with E-state index < -0.39 is 15.3 Å². The van der Waals surface area contributed by atoms with Crippen molar-refractivity contribution in [2.45, 2.75) is 18.7 Å². The fourth-order valence-electron chi connectivity index (χ4n) is 1.41. The highest BCUT2D eigenvalue weighted by Gasteiger charge is 2.24. The van der Waals surface area contributed by atoms with Crippen LogP contribution in [-0.2, 0) is 16.6 Å². The van der Waals surface area contributed by atoms with Crippen molar-refractivity contribution in [3.8, 4) is 0 Å². The molecule has 96 valence electrons. The SMILES string of the molecule is CC(CN)S(=O)(=O)N(C)Cc1cccc(F)c1. The molecule has 4 nitrogen and oxygen atoms in total. The first-order valence-electron chi connectivity index (χ1n) is 5.27. The molecule has 0 aliphatic heterocycles. The van der Waals surface area contributed by atoms with Crippen LogP contribution in [0.25, 0.3) is 0 Å². The van der Waals surface area contributed by atoms with E-state index in [0.29, 0.717) is 5.56 Å². The number of halogens is 1. The number of nitrogens with two attached hydrogens (primary N) is 1. The van der Waals surface area contributed by atoms with E-state index in [2.05, 4.69) is 0 Å². The van der Waals surface area contributed by atoms with E-state index in [1.54, 1.807) is 19.1 Å². The highest BCUT2D eigenvalue weighted by molar-refractivity contribution is 7.89. The van der Waals surface area contributed by atoms with Gasteiger partial charge < -0.3 is 5.73 Å². The number of benzene rings is 1. The zero-order valence-corrected chi connectivity index (χ0v) is 10.7. The summed E-state index contributed by atoms with van der Waals surface area (Å²) in [6.45, 7) is 1.76. The molecule has 1 aromatic rings. The third kappa shape index (κ3) is 3.49. The fraction of sp³-hybridized carbons (Fsp3) is 0.455.